The molecule has 1 aromatic heterocycles. The van der Waals surface area contributed by atoms with E-state index in [-0.39, 0.29) is 11.5 Å². The molecule has 5 heteroatoms. The Morgan fingerprint density at radius 3 is 2.42 bits per heavy atom. The SMILES string of the molecule is CNc1nc(C2CCC(C)O2)nc(C(C)(C)C)c1Br. The molecule has 0 aliphatic carbocycles. The van der Waals surface area contributed by atoms with Crippen LogP contribution in [0.2, 0.25) is 0 Å². The first-order chi connectivity index (χ1) is 8.82. The molecule has 19 heavy (non-hydrogen) atoms. The van der Waals surface area contributed by atoms with Crippen molar-refractivity contribution in [2.75, 3.05) is 12.4 Å². The van der Waals surface area contributed by atoms with Crippen LogP contribution in [0, 0.1) is 0 Å². The first-order valence-electron chi connectivity index (χ1n) is 6.74. The zero-order valence-electron chi connectivity index (χ0n) is 12.2. The highest BCUT2D eigenvalue weighted by Crippen LogP contribution is 2.36. The molecule has 0 amide bonds. The Morgan fingerprint density at radius 1 is 1.26 bits per heavy atom. The highest BCUT2D eigenvalue weighted by Gasteiger charge is 2.29. The highest BCUT2D eigenvalue weighted by atomic mass is 79.9. The van der Waals surface area contributed by atoms with Crippen molar-refractivity contribution < 1.29 is 4.74 Å². The first-order valence-corrected chi connectivity index (χ1v) is 7.53. The van der Waals surface area contributed by atoms with Gasteiger partial charge in [0.1, 0.15) is 11.9 Å². The second-order valence-electron chi connectivity index (χ2n) is 6.11. The van der Waals surface area contributed by atoms with Crippen molar-refractivity contribution >= 4 is 21.7 Å². The summed E-state index contributed by atoms with van der Waals surface area (Å²) in [6.45, 7) is 8.56. The van der Waals surface area contributed by atoms with Gasteiger partial charge in [0, 0.05) is 12.5 Å². The van der Waals surface area contributed by atoms with Crippen molar-refractivity contribution in [3.8, 4) is 0 Å². The lowest BCUT2D eigenvalue weighted by atomic mass is 9.91. The summed E-state index contributed by atoms with van der Waals surface area (Å²) in [4.78, 5) is 9.33. The van der Waals surface area contributed by atoms with Gasteiger partial charge in [0.15, 0.2) is 5.82 Å². The fourth-order valence-corrected chi connectivity index (χ4v) is 3.23. The van der Waals surface area contributed by atoms with E-state index in [1.54, 1.807) is 0 Å². The van der Waals surface area contributed by atoms with E-state index in [0.717, 1.165) is 34.7 Å². The Labute approximate surface area is 123 Å². The summed E-state index contributed by atoms with van der Waals surface area (Å²) in [6.07, 6.45) is 2.39. The van der Waals surface area contributed by atoms with Gasteiger partial charge < -0.3 is 10.1 Å². The fraction of sp³-hybridized carbons (Fsp3) is 0.714. The Hall–Kier alpha value is -0.680. The van der Waals surface area contributed by atoms with Gasteiger partial charge in [-0.05, 0) is 35.7 Å². The number of nitrogens with one attached hydrogen (secondary N) is 1. The second kappa shape index (κ2) is 5.37. The molecule has 1 fully saturated rings. The lowest BCUT2D eigenvalue weighted by molar-refractivity contribution is 0.0501. The van der Waals surface area contributed by atoms with Crippen molar-refractivity contribution in [3.63, 3.8) is 0 Å². The second-order valence-corrected chi connectivity index (χ2v) is 6.90. The van der Waals surface area contributed by atoms with E-state index >= 15 is 0 Å². The minimum atomic E-state index is -0.0354. The summed E-state index contributed by atoms with van der Waals surface area (Å²) >= 11 is 3.60. The molecule has 4 nitrogen and oxygen atoms in total. The van der Waals surface area contributed by atoms with E-state index < -0.39 is 0 Å². The Kier molecular flexibility index (Phi) is 4.16. The summed E-state index contributed by atoms with van der Waals surface area (Å²) in [7, 11) is 1.88. The minimum Gasteiger partial charge on any atom is -0.372 e. The zero-order valence-corrected chi connectivity index (χ0v) is 13.8. The normalized spacial score (nSPS) is 23.7. The molecule has 2 heterocycles. The van der Waals surface area contributed by atoms with E-state index in [1.807, 2.05) is 7.05 Å². The van der Waals surface area contributed by atoms with Gasteiger partial charge in [0.25, 0.3) is 0 Å². The third-order valence-electron chi connectivity index (χ3n) is 3.34. The number of hydrogen-bond donors (Lipinski definition) is 1. The largest absolute Gasteiger partial charge is 0.372 e. The van der Waals surface area contributed by atoms with E-state index in [4.69, 9.17) is 9.72 Å². The van der Waals surface area contributed by atoms with Gasteiger partial charge >= 0.3 is 0 Å². The van der Waals surface area contributed by atoms with Crippen molar-refractivity contribution in [1.29, 1.82) is 0 Å². The van der Waals surface area contributed by atoms with Crippen molar-refractivity contribution in [1.82, 2.24) is 9.97 Å². The van der Waals surface area contributed by atoms with Crippen LogP contribution in [-0.2, 0) is 10.2 Å². The highest BCUT2D eigenvalue weighted by molar-refractivity contribution is 9.10. The molecule has 0 radical (unpaired) electrons. The van der Waals surface area contributed by atoms with Crippen LogP contribution in [0.1, 0.15) is 58.2 Å². The van der Waals surface area contributed by atoms with Gasteiger partial charge in [-0.15, -0.1) is 0 Å². The third-order valence-corrected chi connectivity index (χ3v) is 4.09. The van der Waals surface area contributed by atoms with Crippen LogP contribution < -0.4 is 5.32 Å². The molecule has 0 spiro atoms. The molecule has 2 unspecified atom stereocenters. The van der Waals surface area contributed by atoms with E-state index in [2.05, 4.69) is 53.9 Å². The quantitative estimate of drug-likeness (QED) is 0.897. The van der Waals surface area contributed by atoms with Gasteiger partial charge in [-0.1, -0.05) is 20.8 Å². The van der Waals surface area contributed by atoms with Crippen LogP contribution in [0.15, 0.2) is 4.47 Å². The van der Waals surface area contributed by atoms with Gasteiger partial charge in [-0.3, -0.25) is 0 Å². The molecule has 1 saturated heterocycles. The van der Waals surface area contributed by atoms with Crippen LogP contribution in [0.5, 0.6) is 0 Å². The average molecular weight is 328 g/mol. The molecule has 0 saturated carbocycles. The zero-order chi connectivity index (χ0) is 14.2. The standard InChI is InChI=1S/C14H22BrN3O/c1-8-6-7-9(19-8)12-17-11(14(2,3)4)10(15)13(16-5)18-12/h8-9H,6-7H2,1-5H3,(H,16,17,18). The van der Waals surface area contributed by atoms with E-state index in [9.17, 15) is 0 Å². The predicted molar refractivity (Wildman–Crippen MR) is 80.5 cm³/mol. The predicted octanol–water partition coefficient (Wildman–Crippen LogP) is 3.82. The number of hydrogen-bond acceptors (Lipinski definition) is 4. The molecule has 1 aliphatic heterocycles. The number of nitrogens with zero attached hydrogens (tertiary/aromatic N) is 2. The molecular formula is C14H22BrN3O. The average Bonchev–Trinajstić information content (AvgIpc) is 2.74. The summed E-state index contributed by atoms with van der Waals surface area (Å²) < 4.78 is 6.83. The number of aromatic nitrogens is 2. The fourth-order valence-electron chi connectivity index (χ4n) is 2.26. The van der Waals surface area contributed by atoms with Crippen LogP contribution >= 0.6 is 15.9 Å². The molecule has 0 aromatic carbocycles. The third kappa shape index (κ3) is 3.08. The van der Waals surface area contributed by atoms with Crippen LogP contribution in [0.25, 0.3) is 0 Å². The number of ether oxygens (including phenoxy) is 1. The Bertz CT molecular complexity index is 470. The summed E-state index contributed by atoms with van der Waals surface area (Å²) in [5.74, 6) is 1.62. The molecule has 1 aromatic rings. The monoisotopic (exact) mass is 327 g/mol. The topological polar surface area (TPSA) is 47.0 Å². The van der Waals surface area contributed by atoms with Gasteiger partial charge in [-0.25, -0.2) is 9.97 Å². The molecule has 2 rings (SSSR count). The first kappa shape index (κ1) is 14.7. The number of anilines is 1. The maximum atomic E-state index is 5.89. The Morgan fingerprint density at radius 2 is 1.95 bits per heavy atom. The smallest absolute Gasteiger partial charge is 0.159 e. The van der Waals surface area contributed by atoms with Crippen LogP contribution in [0.4, 0.5) is 5.82 Å². The lowest BCUT2D eigenvalue weighted by Crippen LogP contribution is -2.19. The number of halogens is 1. The van der Waals surface area contributed by atoms with Gasteiger partial charge in [0.05, 0.1) is 16.3 Å². The van der Waals surface area contributed by atoms with Crippen molar-refractivity contribution in [2.45, 2.75) is 58.2 Å². The molecule has 1 N–H and O–H groups in total. The van der Waals surface area contributed by atoms with E-state index in [1.165, 1.54) is 0 Å². The summed E-state index contributed by atoms with van der Waals surface area (Å²) in [5.41, 5.74) is 0.983. The summed E-state index contributed by atoms with van der Waals surface area (Å²) in [5, 5.41) is 3.13. The lowest BCUT2D eigenvalue weighted by Gasteiger charge is -2.23. The minimum absolute atomic E-state index is 0.0244. The van der Waals surface area contributed by atoms with Crippen LogP contribution in [-0.4, -0.2) is 23.1 Å². The number of rotatable bonds is 2. The maximum absolute atomic E-state index is 5.89. The molecule has 1 aliphatic rings. The van der Waals surface area contributed by atoms with E-state index in [0.29, 0.717) is 6.10 Å². The van der Waals surface area contributed by atoms with Gasteiger partial charge in [0.2, 0.25) is 0 Å². The van der Waals surface area contributed by atoms with Crippen LogP contribution in [0.3, 0.4) is 0 Å². The maximum Gasteiger partial charge on any atom is 0.159 e. The molecule has 106 valence electrons. The molecule has 0 bridgehead atoms. The molecular weight excluding hydrogens is 306 g/mol. The van der Waals surface area contributed by atoms with Crippen molar-refractivity contribution in [2.24, 2.45) is 0 Å². The Balaban J connectivity index is 2.45. The molecule has 2 atom stereocenters. The van der Waals surface area contributed by atoms with Crippen molar-refractivity contribution in [3.05, 3.63) is 16.0 Å². The van der Waals surface area contributed by atoms with Gasteiger partial charge in [-0.2, -0.15) is 0 Å². The summed E-state index contributed by atoms with van der Waals surface area (Å²) in [6, 6.07) is 0.